The van der Waals surface area contributed by atoms with Crippen LogP contribution in [0.4, 0.5) is 4.39 Å². The molecule has 3 aromatic rings. The van der Waals surface area contributed by atoms with Crippen LogP contribution in [0.25, 0.3) is 10.9 Å². The van der Waals surface area contributed by atoms with Gasteiger partial charge in [0.1, 0.15) is 23.9 Å². The molecule has 0 fully saturated rings. The molecule has 0 radical (unpaired) electrons. The third-order valence-corrected chi connectivity index (χ3v) is 3.68. The molecule has 1 heterocycles. The number of phenolic OH excluding ortho intramolecular Hbond substituents is 1. The van der Waals surface area contributed by atoms with E-state index in [9.17, 15) is 9.50 Å². The summed E-state index contributed by atoms with van der Waals surface area (Å²) in [4.78, 5) is 0. The van der Waals surface area contributed by atoms with Gasteiger partial charge in [0.05, 0.1) is 5.52 Å². The van der Waals surface area contributed by atoms with Crippen molar-refractivity contribution in [1.82, 2.24) is 4.57 Å². The zero-order valence-corrected chi connectivity index (χ0v) is 12.6. The smallest absolute Gasteiger partial charge is 0.139 e. The highest BCUT2D eigenvalue weighted by Crippen LogP contribution is 2.32. The second-order valence-electron chi connectivity index (χ2n) is 5.57. The summed E-state index contributed by atoms with van der Waals surface area (Å²) in [6, 6.07) is 11.7. The Morgan fingerprint density at radius 3 is 2.55 bits per heavy atom. The number of fused-ring (bicyclic) bond motifs is 1. The number of nitrogens with zero attached hydrogens (tertiary/aromatic N) is 1. The predicted molar refractivity (Wildman–Crippen MR) is 84.7 cm³/mol. The Labute approximate surface area is 128 Å². The maximum absolute atomic E-state index is 12.9. The van der Waals surface area contributed by atoms with Crippen molar-refractivity contribution >= 4 is 10.9 Å². The molecule has 3 rings (SSSR count). The molecule has 0 spiro atoms. The van der Waals surface area contributed by atoms with Crippen LogP contribution in [0.3, 0.4) is 0 Å². The van der Waals surface area contributed by atoms with Gasteiger partial charge in [-0.05, 0) is 44.2 Å². The van der Waals surface area contributed by atoms with Crippen molar-refractivity contribution in [3.63, 3.8) is 0 Å². The van der Waals surface area contributed by atoms with Crippen molar-refractivity contribution in [2.45, 2.75) is 26.5 Å². The van der Waals surface area contributed by atoms with E-state index in [1.54, 1.807) is 18.2 Å². The van der Waals surface area contributed by atoms with Crippen molar-refractivity contribution in [1.29, 1.82) is 0 Å². The molecule has 1 aromatic heterocycles. The Morgan fingerprint density at radius 1 is 1.14 bits per heavy atom. The van der Waals surface area contributed by atoms with Gasteiger partial charge in [-0.1, -0.05) is 12.1 Å². The predicted octanol–water partition coefficient (Wildman–Crippen LogP) is 4.65. The molecule has 1 N–H and O–H groups in total. The average Bonchev–Trinajstić information content (AvgIpc) is 2.87. The van der Waals surface area contributed by atoms with E-state index in [2.05, 4.69) is 13.8 Å². The molecular weight excluding hydrogens is 281 g/mol. The van der Waals surface area contributed by atoms with Gasteiger partial charge in [-0.15, -0.1) is 0 Å². The topological polar surface area (TPSA) is 34.4 Å². The highest BCUT2D eigenvalue weighted by atomic mass is 19.1. The molecule has 3 nitrogen and oxygen atoms in total. The molecule has 0 aliphatic heterocycles. The van der Waals surface area contributed by atoms with E-state index in [0.29, 0.717) is 12.4 Å². The number of para-hydroxylation sites is 1. The number of benzene rings is 2. The van der Waals surface area contributed by atoms with Gasteiger partial charge < -0.3 is 14.4 Å². The third kappa shape index (κ3) is 2.64. The van der Waals surface area contributed by atoms with Gasteiger partial charge in [-0.2, -0.15) is 0 Å². The standard InChI is InChI=1S/C18H18FNO2/c1-12(2)20-10-13(16-4-3-5-17(21)18(16)20)11-22-15-8-6-14(19)7-9-15/h3-10,12,21H,11H2,1-2H3. The Bertz CT molecular complexity index is 791. The van der Waals surface area contributed by atoms with Crippen LogP contribution in [-0.2, 0) is 6.61 Å². The molecule has 0 saturated carbocycles. The number of aromatic nitrogens is 1. The van der Waals surface area contributed by atoms with Gasteiger partial charge in [0, 0.05) is 23.2 Å². The molecule has 0 aliphatic rings. The van der Waals surface area contributed by atoms with Crippen LogP contribution in [0.1, 0.15) is 25.5 Å². The summed E-state index contributed by atoms with van der Waals surface area (Å²) in [6.45, 7) is 4.50. The Balaban J connectivity index is 1.94. The zero-order chi connectivity index (χ0) is 15.7. The van der Waals surface area contributed by atoms with Crippen LogP contribution >= 0.6 is 0 Å². The first-order chi connectivity index (χ1) is 10.6. The second-order valence-corrected chi connectivity index (χ2v) is 5.57. The molecule has 0 saturated heterocycles. The zero-order valence-electron chi connectivity index (χ0n) is 12.6. The van der Waals surface area contributed by atoms with Crippen molar-refractivity contribution in [3.8, 4) is 11.5 Å². The highest BCUT2D eigenvalue weighted by molar-refractivity contribution is 5.89. The molecular formula is C18H18FNO2. The van der Waals surface area contributed by atoms with Gasteiger partial charge in [0.2, 0.25) is 0 Å². The second kappa shape index (κ2) is 5.72. The molecule has 0 aliphatic carbocycles. The average molecular weight is 299 g/mol. The van der Waals surface area contributed by atoms with Crippen molar-refractivity contribution < 1.29 is 14.2 Å². The van der Waals surface area contributed by atoms with E-state index >= 15 is 0 Å². The Morgan fingerprint density at radius 2 is 1.86 bits per heavy atom. The van der Waals surface area contributed by atoms with E-state index in [-0.39, 0.29) is 17.6 Å². The van der Waals surface area contributed by atoms with Crippen LogP contribution in [0.5, 0.6) is 11.5 Å². The largest absolute Gasteiger partial charge is 0.506 e. The number of hydrogen-bond acceptors (Lipinski definition) is 2. The normalized spacial score (nSPS) is 11.3. The molecule has 114 valence electrons. The minimum Gasteiger partial charge on any atom is -0.506 e. The first kappa shape index (κ1) is 14.4. The summed E-state index contributed by atoms with van der Waals surface area (Å²) >= 11 is 0. The van der Waals surface area contributed by atoms with Crippen LogP contribution in [0.2, 0.25) is 0 Å². The van der Waals surface area contributed by atoms with Crippen LogP contribution in [0, 0.1) is 5.82 Å². The summed E-state index contributed by atoms with van der Waals surface area (Å²) in [5.74, 6) is 0.597. The molecule has 0 amide bonds. The Hall–Kier alpha value is -2.49. The lowest BCUT2D eigenvalue weighted by Gasteiger charge is -2.09. The number of hydrogen-bond donors (Lipinski definition) is 1. The van der Waals surface area contributed by atoms with Gasteiger partial charge in [-0.3, -0.25) is 0 Å². The lowest BCUT2D eigenvalue weighted by molar-refractivity contribution is 0.306. The molecule has 0 unspecified atom stereocenters. The number of rotatable bonds is 4. The SMILES string of the molecule is CC(C)n1cc(COc2ccc(F)cc2)c2cccc(O)c21. The summed E-state index contributed by atoms with van der Waals surface area (Å²) in [5.41, 5.74) is 1.80. The first-order valence-electron chi connectivity index (χ1n) is 7.26. The highest BCUT2D eigenvalue weighted by Gasteiger charge is 2.14. The number of ether oxygens (including phenoxy) is 1. The minimum atomic E-state index is -0.284. The van der Waals surface area contributed by atoms with Crippen molar-refractivity contribution in [2.24, 2.45) is 0 Å². The first-order valence-corrected chi connectivity index (χ1v) is 7.26. The molecule has 4 heteroatoms. The van der Waals surface area contributed by atoms with E-state index in [0.717, 1.165) is 16.5 Å². The van der Waals surface area contributed by atoms with Gasteiger partial charge in [0.15, 0.2) is 0 Å². The van der Waals surface area contributed by atoms with Crippen molar-refractivity contribution in [3.05, 3.63) is 60.0 Å². The minimum absolute atomic E-state index is 0.232. The lowest BCUT2D eigenvalue weighted by atomic mass is 10.2. The van der Waals surface area contributed by atoms with Gasteiger partial charge in [-0.25, -0.2) is 4.39 Å². The molecule has 0 atom stereocenters. The van der Waals surface area contributed by atoms with E-state index < -0.39 is 0 Å². The van der Waals surface area contributed by atoms with Crippen LogP contribution < -0.4 is 4.74 Å². The van der Waals surface area contributed by atoms with Crippen LogP contribution in [-0.4, -0.2) is 9.67 Å². The maximum atomic E-state index is 12.9. The fourth-order valence-electron chi connectivity index (χ4n) is 2.58. The van der Waals surface area contributed by atoms with Crippen molar-refractivity contribution in [2.75, 3.05) is 0 Å². The summed E-state index contributed by atoms with van der Waals surface area (Å²) in [6.07, 6.45) is 2.00. The summed E-state index contributed by atoms with van der Waals surface area (Å²) < 4.78 is 20.7. The summed E-state index contributed by atoms with van der Waals surface area (Å²) in [7, 11) is 0. The number of phenols is 1. The third-order valence-electron chi connectivity index (χ3n) is 3.68. The van der Waals surface area contributed by atoms with E-state index in [1.807, 2.05) is 22.9 Å². The fraction of sp³-hybridized carbons (Fsp3) is 0.222. The van der Waals surface area contributed by atoms with Gasteiger partial charge in [0.25, 0.3) is 0 Å². The van der Waals surface area contributed by atoms with E-state index in [4.69, 9.17) is 4.74 Å². The molecule has 2 aromatic carbocycles. The number of aromatic hydroxyl groups is 1. The summed E-state index contributed by atoms with van der Waals surface area (Å²) in [5, 5.41) is 11.1. The maximum Gasteiger partial charge on any atom is 0.139 e. The van der Waals surface area contributed by atoms with E-state index in [1.165, 1.54) is 12.1 Å². The Kier molecular flexibility index (Phi) is 3.75. The molecule has 0 bridgehead atoms. The number of halogens is 1. The monoisotopic (exact) mass is 299 g/mol. The fourth-order valence-corrected chi connectivity index (χ4v) is 2.58. The lowest BCUT2D eigenvalue weighted by Crippen LogP contribution is -1.99. The molecule has 22 heavy (non-hydrogen) atoms. The van der Waals surface area contributed by atoms with Crippen LogP contribution in [0.15, 0.2) is 48.7 Å². The quantitative estimate of drug-likeness (QED) is 0.761. The van der Waals surface area contributed by atoms with Gasteiger partial charge >= 0.3 is 0 Å².